The molecule has 0 bridgehead atoms. The Labute approximate surface area is 120 Å². The second-order valence-corrected chi connectivity index (χ2v) is 4.48. The van der Waals surface area contributed by atoms with Gasteiger partial charge in [0.2, 0.25) is 0 Å². The lowest BCUT2D eigenvalue weighted by molar-refractivity contribution is -0.384. The number of methoxy groups -OCH3 is 1. The molecule has 0 unspecified atom stereocenters. The minimum atomic E-state index is -0.503. The molecule has 0 saturated heterocycles. The van der Waals surface area contributed by atoms with E-state index < -0.39 is 4.92 Å². The Morgan fingerprint density at radius 1 is 1.30 bits per heavy atom. The second-order valence-electron chi connectivity index (χ2n) is 4.04. The summed E-state index contributed by atoms with van der Waals surface area (Å²) in [7, 11) is 1.52. The van der Waals surface area contributed by atoms with Crippen molar-refractivity contribution in [2.45, 2.75) is 0 Å². The Kier molecular flexibility index (Phi) is 3.95. The van der Waals surface area contributed by atoms with E-state index in [1.54, 1.807) is 24.3 Å². The van der Waals surface area contributed by atoms with Crippen LogP contribution in [0.1, 0.15) is 0 Å². The van der Waals surface area contributed by atoms with Crippen molar-refractivity contribution in [3.05, 3.63) is 51.5 Å². The molecular weight excluding hydrogens is 282 g/mol. The minimum Gasteiger partial charge on any atom is -0.495 e. The summed E-state index contributed by atoms with van der Waals surface area (Å²) < 4.78 is 5.19. The number of nitrogens with one attached hydrogen (secondary N) is 1. The van der Waals surface area contributed by atoms with Gasteiger partial charge in [0, 0.05) is 28.5 Å². The number of nitro benzene ring substituents is 1. The van der Waals surface area contributed by atoms with Gasteiger partial charge in [-0.25, -0.2) is 0 Å². The minimum absolute atomic E-state index is 0.0894. The van der Waals surface area contributed by atoms with Gasteiger partial charge in [0.05, 0.1) is 17.7 Å². The van der Waals surface area contributed by atoms with Gasteiger partial charge in [0.15, 0.2) is 0 Å². The molecule has 0 spiro atoms. The monoisotopic (exact) mass is 293 g/mol. The van der Waals surface area contributed by atoms with Crippen LogP contribution < -0.4 is 15.8 Å². The maximum Gasteiger partial charge on any atom is 0.273 e. The van der Waals surface area contributed by atoms with Gasteiger partial charge in [-0.1, -0.05) is 11.6 Å². The fourth-order valence-corrected chi connectivity index (χ4v) is 1.92. The normalized spacial score (nSPS) is 10.1. The van der Waals surface area contributed by atoms with Crippen molar-refractivity contribution >= 4 is 34.4 Å². The number of nitro groups is 1. The van der Waals surface area contributed by atoms with E-state index in [-0.39, 0.29) is 5.69 Å². The fraction of sp³-hybridized carbons (Fsp3) is 0.0769. The molecule has 3 N–H and O–H groups in total. The average molecular weight is 294 g/mol. The number of halogens is 1. The molecule has 20 heavy (non-hydrogen) atoms. The molecule has 2 aromatic carbocycles. The van der Waals surface area contributed by atoms with E-state index in [0.29, 0.717) is 27.8 Å². The summed E-state index contributed by atoms with van der Waals surface area (Å²) in [6.07, 6.45) is 0. The summed E-state index contributed by atoms with van der Waals surface area (Å²) in [6, 6.07) is 9.32. The number of nitrogens with zero attached hydrogens (tertiary/aromatic N) is 1. The van der Waals surface area contributed by atoms with Crippen LogP contribution in [0.5, 0.6) is 5.75 Å². The van der Waals surface area contributed by atoms with Gasteiger partial charge in [0.1, 0.15) is 5.75 Å². The van der Waals surface area contributed by atoms with E-state index in [9.17, 15) is 10.1 Å². The van der Waals surface area contributed by atoms with Crippen molar-refractivity contribution in [3.63, 3.8) is 0 Å². The van der Waals surface area contributed by atoms with Crippen LogP contribution in [-0.4, -0.2) is 12.0 Å². The highest BCUT2D eigenvalue weighted by molar-refractivity contribution is 6.31. The number of benzene rings is 2. The lowest BCUT2D eigenvalue weighted by Crippen LogP contribution is -1.98. The Balaban J connectivity index is 2.39. The van der Waals surface area contributed by atoms with Gasteiger partial charge in [-0.3, -0.25) is 10.1 Å². The average Bonchev–Trinajstić information content (AvgIpc) is 2.38. The van der Waals surface area contributed by atoms with Crippen molar-refractivity contribution < 1.29 is 9.66 Å². The van der Waals surface area contributed by atoms with Gasteiger partial charge < -0.3 is 15.8 Å². The van der Waals surface area contributed by atoms with E-state index in [0.717, 1.165) is 0 Å². The SMILES string of the molecule is COc1ccc(Cl)cc1Nc1cc(N)cc([N+](=O)[O-])c1. The van der Waals surface area contributed by atoms with Gasteiger partial charge >= 0.3 is 0 Å². The summed E-state index contributed by atoms with van der Waals surface area (Å²) in [5.74, 6) is 0.569. The zero-order valence-corrected chi connectivity index (χ0v) is 11.3. The number of ether oxygens (including phenoxy) is 1. The zero-order chi connectivity index (χ0) is 14.7. The van der Waals surface area contributed by atoms with Crippen LogP contribution in [0.25, 0.3) is 0 Å². The molecule has 0 aliphatic heterocycles. The standard InChI is InChI=1S/C13H12ClN3O3/c1-20-13-3-2-8(14)4-12(13)16-10-5-9(15)6-11(7-10)17(18)19/h2-7,16H,15H2,1H3. The van der Waals surface area contributed by atoms with E-state index in [2.05, 4.69) is 5.32 Å². The van der Waals surface area contributed by atoms with Crippen LogP contribution in [0, 0.1) is 10.1 Å². The third kappa shape index (κ3) is 3.10. The van der Waals surface area contributed by atoms with Crippen LogP contribution in [0.2, 0.25) is 5.02 Å². The third-order valence-electron chi connectivity index (χ3n) is 2.59. The molecule has 0 aliphatic rings. The van der Waals surface area contributed by atoms with Crippen LogP contribution in [-0.2, 0) is 0 Å². The molecular formula is C13H12ClN3O3. The summed E-state index contributed by atoms with van der Waals surface area (Å²) in [6.45, 7) is 0. The number of nitrogens with two attached hydrogens (primary N) is 1. The number of rotatable bonds is 4. The molecule has 0 heterocycles. The fourth-order valence-electron chi connectivity index (χ4n) is 1.75. The predicted octanol–water partition coefficient (Wildman–Crippen LogP) is 3.58. The topological polar surface area (TPSA) is 90.4 Å². The first-order chi connectivity index (χ1) is 9.49. The van der Waals surface area contributed by atoms with Crippen LogP contribution >= 0.6 is 11.6 Å². The maximum atomic E-state index is 10.8. The smallest absolute Gasteiger partial charge is 0.273 e. The molecule has 0 aromatic heterocycles. The van der Waals surface area contributed by atoms with Gasteiger partial charge in [-0.15, -0.1) is 0 Å². The number of hydrogen-bond donors (Lipinski definition) is 2. The summed E-state index contributed by atoms with van der Waals surface area (Å²) in [4.78, 5) is 10.3. The van der Waals surface area contributed by atoms with E-state index in [4.69, 9.17) is 22.1 Å². The molecule has 0 amide bonds. The highest BCUT2D eigenvalue weighted by atomic mass is 35.5. The number of non-ortho nitro benzene ring substituents is 1. The second kappa shape index (κ2) is 5.66. The number of anilines is 3. The predicted molar refractivity (Wildman–Crippen MR) is 78.8 cm³/mol. The summed E-state index contributed by atoms with van der Waals surface area (Å²) in [5.41, 5.74) is 6.94. The highest BCUT2D eigenvalue weighted by Gasteiger charge is 2.10. The Bertz CT molecular complexity index is 661. The number of nitrogen functional groups attached to an aromatic ring is 1. The van der Waals surface area contributed by atoms with Crippen LogP contribution in [0.3, 0.4) is 0 Å². The molecule has 0 fully saturated rings. The third-order valence-corrected chi connectivity index (χ3v) is 2.83. The summed E-state index contributed by atoms with van der Waals surface area (Å²) >= 11 is 5.92. The highest BCUT2D eigenvalue weighted by Crippen LogP contribution is 2.32. The van der Waals surface area contributed by atoms with Crippen LogP contribution in [0.15, 0.2) is 36.4 Å². The largest absolute Gasteiger partial charge is 0.495 e. The zero-order valence-electron chi connectivity index (χ0n) is 10.6. The summed E-state index contributed by atoms with van der Waals surface area (Å²) in [5, 5.41) is 14.3. The van der Waals surface area contributed by atoms with E-state index >= 15 is 0 Å². The van der Waals surface area contributed by atoms with Crippen molar-refractivity contribution in [1.82, 2.24) is 0 Å². The van der Waals surface area contributed by atoms with Crippen LogP contribution in [0.4, 0.5) is 22.7 Å². The Morgan fingerprint density at radius 3 is 2.70 bits per heavy atom. The van der Waals surface area contributed by atoms with Gasteiger partial charge in [-0.2, -0.15) is 0 Å². The van der Waals surface area contributed by atoms with Gasteiger partial charge in [0.25, 0.3) is 5.69 Å². The molecule has 104 valence electrons. The lowest BCUT2D eigenvalue weighted by atomic mass is 10.2. The Hall–Kier alpha value is -2.47. The van der Waals surface area contributed by atoms with Gasteiger partial charge in [-0.05, 0) is 24.3 Å². The van der Waals surface area contributed by atoms with E-state index in [1.807, 2.05) is 0 Å². The maximum absolute atomic E-state index is 10.8. The van der Waals surface area contributed by atoms with E-state index in [1.165, 1.54) is 19.2 Å². The molecule has 7 heteroatoms. The molecule has 2 aromatic rings. The molecule has 6 nitrogen and oxygen atoms in total. The lowest BCUT2D eigenvalue weighted by Gasteiger charge is -2.12. The molecule has 0 saturated carbocycles. The first kappa shape index (κ1) is 14.0. The van der Waals surface area contributed by atoms with Crippen molar-refractivity contribution in [2.24, 2.45) is 0 Å². The molecule has 0 atom stereocenters. The molecule has 2 rings (SSSR count). The molecule has 0 radical (unpaired) electrons. The van der Waals surface area contributed by atoms with Crippen molar-refractivity contribution in [2.75, 3.05) is 18.2 Å². The Morgan fingerprint density at radius 2 is 2.05 bits per heavy atom. The van der Waals surface area contributed by atoms with Crippen molar-refractivity contribution in [1.29, 1.82) is 0 Å². The first-order valence-electron chi connectivity index (χ1n) is 5.65. The quantitative estimate of drug-likeness (QED) is 0.511. The van der Waals surface area contributed by atoms with Crippen molar-refractivity contribution in [3.8, 4) is 5.75 Å². The molecule has 0 aliphatic carbocycles. The number of hydrogen-bond acceptors (Lipinski definition) is 5. The first-order valence-corrected chi connectivity index (χ1v) is 6.03.